The second kappa shape index (κ2) is 5.77. The number of nitrogens with zero attached hydrogens (tertiary/aromatic N) is 1. The Morgan fingerprint density at radius 3 is 2.67 bits per heavy atom. The Morgan fingerprint density at radius 1 is 1.11 bits per heavy atom. The Kier molecular flexibility index (Phi) is 3.87. The maximum atomic E-state index is 2.53. The van der Waals surface area contributed by atoms with Crippen LogP contribution in [0.5, 0.6) is 0 Å². The molecule has 0 saturated carbocycles. The standard InChI is InChI=1S/C16H19NS/c1-2-5-14(6-3-1)13-17-10-8-15(9-11-17)16-7-4-12-18-16/h1-3,5-8H,4,9-13H2. The molecule has 0 radical (unpaired) electrons. The molecular weight excluding hydrogens is 238 g/mol. The zero-order valence-corrected chi connectivity index (χ0v) is 11.5. The van der Waals surface area contributed by atoms with Crippen molar-refractivity contribution in [1.82, 2.24) is 4.90 Å². The van der Waals surface area contributed by atoms with Crippen LogP contribution in [-0.4, -0.2) is 23.7 Å². The van der Waals surface area contributed by atoms with E-state index in [1.807, 2.05) is 11.8 Å². The summed E-state index contributed by atoms with van der Waals surface area (Å²) in [5, 5.41) is 0. The smallest absolute Gasteiger partial charge is 0.0237 e. The van der Waals surface area contributed by atoms with Gasteiger partial charge in [0, 0.05) is 30.3 Å². The molecular formula is C16H19NS. The van der Waals surface area contributed by atoms with Crippen LogP contribution in [0, 0.1) is 0 Å². The Hall–Kier alpha value is -0.990. The summed E-state index contributed by atoms with van der Waals surface area (Å²) in [7, 11) is 0. The number of thioether (sulfide) groups is 1. The highest BCUT2D eigenvalue weighted by molar-refractivity contribution is 8.03. The quantitative estimate of drug-likeness (QED) is 0.809. The summed E-state index contributed by atoms with van der Waals surface area (Å²) in [5.74, 6) is 1.28. The molecule has 1 aromatic rings. The van der Waals surface area contributed by atoms with Crippen LogP contribution in [0.15, 0.2) is 53.0 Å². The summed E-state index contributed by atoms with van der Waals surface area (Å²) in [6, 6.07) is 10.8. The van der Waals surface area contributed by atoms with Crippen molar-refractivity contribution >= 4 is 11.8 Å². The molecule has 1 nitrogen and oxygen atoms in total. The molecule has 0 unspecified atom stereocenters. The van der Waals surface area contributed by atoms with Gasteiger partial charge < -0.3 is 0 Å². The second-order valence-corrected chi connectivity index (χ2v) is 6.04. The third kappa shape index (κ3) is 2.88. The van der Waals surface area contributed by atoms with Crippen LogP contribution >= 0.6 is 11.8 Å². The van der Waals surface area contributed by atoms with Crippen LogP contribution in [0.3, 0.4) is 0 Å². The van der Waals surface area contributed by atoms with Gasteiger partial charge in [-0.25, -0.2) is 0 Å². The highest BCUT2D eigenvalue weighted by atomic mass is 32.2. The Bertz CT molecular complexity index is 461. The van der Waals surface area contributed by atoms with E-state index in [4.69, 9.17) is 0 Å². The average Bonchev–Trinajstić information content (AvgIpc) is 2.95. The van der Waals surface area contributed by atoms with Crippen molar-refractivity contribution in [1.29, 1.82) is 0 Å². The average molecular weight is 257 g/mol. The molecule has 94 valence electrons. The first kappa shape index (κ1) is 12.1. The first-order chi connectivity index (χ1) is 8.92. The molecule has 0 spiro atoms. The lowest BCUT2D eigenvalue weighted by Crippen LogP contribution is -2.28. The van der Waals surface area contributed by atoms with E-state index in [1.54, 1.807) is 10.5 Å². The molecule has 0 bridgehead atoms. The summed E-state index contributed by atoms with van der Waals surface area (Å²) in [4.78, 5) is 4.08. The largest absolute Gasteiger partial charge is 0.295 e. The maximum absolute atomic E-state index is 2.53. The molecule has 0 aromatic heterocycles. The van der Waals surface area contributed by atoms with Crippen molar-refractivity contribution < 1.29 is 0 Å². The molecule has 0 atom stereocenters. The van der Waals surface area contributed by atoms with E-state index in [0.717, 1.165) is 13.1 Å². The molecule has 0 fully saturated rings. The van der Waals surface area contributed by atoms with Gasteiger partial charge >= 0.3 is 0 Å². The third-order valence-corrected chi connectivity index (χ3v) is 4.74. The van der Waals surface area contributed by atoms with Crippen molar-refractivity contribution in [2.45, 2.75) is 19.4 Å². The summed E-state index contributed by atoms with van der Waals surface area (Å²) in [6.07, 6.45) is 7.30. The van der Waals surface area contributed by atoms with E-state index in [9.17, 15) is 0 Å². The van der Waals surface area contributed by atoms with Crippen molar-refractivity contribution in [2.75, 3.05) is 18.8 Å². The predicted octanol–water partition coefficient (Wildman–Crippen LogP) is 3.84. The zero-order chi connectivity index (χ0) is 12.2. The van der Waals surface area contributed by atoms with Gasteiger partial charge in [0.1, 0.15) is 0 Å². The fourth-order valence-electron chi connectivity index (χ4n) is 2.56. The Labute approximate surface area is 114 Å². The van der Waals surface area contributed by atoms with Gasteiger partial charge in [-0.1, -0.05) is 42.5 Å². The second-order valence-electron chi connectivity index (χ2n) is 4.91. The summed E-state index contributed by atoms with van der Waals surface area (Å²) in [6.45, 7) is 3.37. The molecule has 0 N–H and O–H groups in total. The van der Waals surface area contributed by atoms with Gasteiger partial charge in [-0.05, 0) is 24.0 Å². The van der Waals surface area contributed by atoms with Crippen molar-refractivity contribution in [3.8, 4) is 0 Å². The van der Waals surface area contributed by atoms with Gasteiger partial charge in [-0.15, -0.1) is 11.8 Å². The Morgan fingerprint density at radius 2 is 2.00 bits per heavy atom. The number of benzene rings is 1. The van der Waals surface area contributed by atoms with Gasteiger partial charge in [0.25, 0.3) is 0 Å². The van der Waals surface area contributed by atoms with E-state index >= 15 is 0 Å². The van der Waals surface area contributed by atoms with Crippen LogP contribution in [0.4, 0.5) is 0 Å². The van der Waals surface area contributed by atoms with Gasteiger partial charge in [0.05, 0.1) is 0 Å². The molecule has 18 heavy (non-hydrogen) atoms. The van der Waals surface area contributed by atoms with Gasteiger partial charge in [-0.2, -0.15) is 0 Å². The third-order valence-electron chi connectivity index (χ3n) is 3.56. The summed E-state index contributed by atoms with van der Waals surface area (Å²) < 4.78 is 0. The van der Waals surface area contributed by atoms with Gasteiger partial charge in [-0.3, -0.25) is 4.90 Å². The lowest BCUT2D eigenvalue weighted by Gasteiger charge is -2.26. The van der Waals surface area contributed by atoms with Crippen LogP contribution in [0.25, 0.3) is 0 Å². The van der Waals surface area contributed by atoms with E-state index in [1.165, 1.54) is 30.7 Å². The minimum atomic E-state index is 1.08. The molecule has 0 saturated heterocycles. The lowest BCUT2D eigenvalue weighted by atomic mass is 10.1. The Balaban J connectivity index is 1.59. The minimum Gasteiger partial charge on any atom is -0.295 e. The summed E-state index contributed by atoms with van der Waals surface area (Å²) in [5.41, 5.74) is 3.01. The minimum absolute atomic E-state index is 1.08. The number of hydrogen-bond donors (Lipinski definition) is 0. The van der Waals surface area contributed by atoms with Crippen LogP contribution in [-0.2, 0) is 6.54 Å². The van der Waals surface area contributed by atoms with Crippen LogP contribution in [0.1, 0.15) is 18.4 Å². The first-order valence-electron chi connectivity index (χ1n) is 6.70. The topological polar surface area (TPSA) is 3.24 Å². The molecule has 3 rings (SSSR count). The van der Waals surface area contributed by atoms with E-state index in [2.05, 4.69) is 47.4 Å². The normalized spacial score (nSPS) is 20.7. The van der Waals surface area contributed by atoms with E-state index < -0.39 is 0 Å². The molecule has 2 aliphatic rings. The van der Waals surface area contributed by atoms with Crippen molar-refractivity contribution in [3.63, 3.8) is 0 Å². The molecule has 2 aliphatic heterocycles. The fraction of sp³-hybridized carbons (Fsp3) is 0.375. The molecule has 2 heteroatoms. The zero-order valence-electron chi connectivity index (χ0n) is 10.6. The maximum Gasteiger partial charge on any atom is 0.0237 e. The van der Waals surface area contributed by atoms with Crippen LogP contribution < -0.4 is 0 Å². The lowest BCUT2D eigenvalue weighted by molar-refractivity contribution is 0.287. The predicted molar refractivity (Wildman–Crippen MR) is 79.6 cm³/mol. The molecule has 1 aromatic carbocycles. The monoisotopic (exact) mass is 257 g/mol. The molecule has 0 aliphatic carbocycles. The van der Waals surface area contributed by atoms with E-state index in [-0.39, 0.29) is 0 Å². The number of hydrogen-bond acceptors (Lipinski definition) is 2. The van der Waals surface area contributed by atoms with Crippen LogP contribution in [0.2, 0.25) is 0 Å². The van der Waals surface area contributed by atoms with E-state index in [0.29, 0.717) is 0 Å². The first-order valence-corrected chi connectivity index (χ1v) is 7.69. The number of allylic oxidation sites excluding steroid dienone is 2. The highest BCUT2D eigenvalue weighted by Gasteiger charge is 2.16. The van der Waals surface area contributed by atoms with Gasteiger partial charge in [0.15, 0.2) is 0 Å². The summed E-state index contributed by atoms with van der Waals surface area (Å²) >= 11 is 2.03. The van der Waals surface area contributed by atoms with Crippen molar-refractivity contribution in [2.24, 2.45) is 0 Å². The van der Waals surface area contributed by atoms with Gasteiger partial charge in [0.2, 0.25) is 0 Å². The molecule has 2 heterocycles. The SMILES string of the molecule is C1=C(C2=CCCS2)CCN(Cc2ccccc2)C1. The highest BCUT2D eigenvalue weighted by Crippen LogP contribution is 2.34. The fourth-order valence-corrected chi connectivity index (χ4v) is 3.62. The number of rotatable bonds is 3. The van der Waals surface area contributed by atoms with Crippen molar-refractivity contribution in [3.05, 3.63) is 58.5 Å². The molecule has 0 amide bonds.